The minimum Gasteiger partial charge on any atom is -0.465 e. The molecule has 0 aromatic heterocycles. The van der Waals surface area contributed by atoms with Crippen molar-refractivity contribution in [1.29, 1.82) is 0 Å². The number of amides is 8. The van der Waals surface area contributed by atoms with Gasteiger partial charge in [-0.25, -0.2) is 28.9 Å². The summed E-state index contributed by atoms with van der Waals surface area (Å²) in [7, 11) is 0. The normalized spacial score (nSPS) is 20.3. The monoisotopic (exact) mass is 649 g/mol. The van der Waals surface area contributed by atoms with Crippen molar-refractivity contribution in [3.8, 4) is 11.5 Å². The molecule has 1 saturated heterocycles. The molecule has 0 spiro atoms. The van der Waals surface area contributed by atoms with E-state index in [1.165, 1.54) is 0 Å². The Morgan fingerprint density at radius 1 is 1.04 bits per heavy atom. The number of carbonyl (C=O) groups excluding carboxylic acids is 6. The predicted molar refractivity (Wildman–Crippen MR) is 163 cm³/mol. The molecule has 1 aliphatic carbocycles. The molecule has 0 bridgehead atoms. The number of hydrogen-bond donors (Lipinski definition) is 2. The number of hydrogen-bond acceptors (Lipinski definition) is 9. The Balaban J connectivity index is 1.74. The number of nitrogens with zero attached hydrogens (tertiary/aromatic N) is 4. The van der Waals surface area contributed by atoms with Gasteiger partial charge in [-0.15, -0.1) is 4.99 Å². The number of ketones is 1. The number of rotatable bonds is 7. The summed E-state index contributed by atoms with van der Waals surface area (Å²) in [5.74, 6) is -2.88. The molecule has 2 aromatic rings. The van der Waals surface area contributed by atoms with Crippen LogP contribution in [-0.4, -0.2) is 99.1 Å². The van der Waals surface area contributed by atoms with Crippen LogP contribution >= 0.6 is 0 Å². The molecule has 248 valence electrons. The number of isocyanates is 1. The van der Waals surface area contributed by atoms with Crippen molar-refractivity contribution in [2.24, 2.45) is 10.9 Å². The van der Waals surface area contributed by atoms with Crippen molar-refractivity contribution >= 4 is 42.0 Å². The lowest BCUT2D eigenvalue weighted by Gasteiger charge is -2.47. The highest BCUT2D eigenvalue weighted by Gasteiger charge is 2.58. The molecule has 1 aliphatic heterocycles. The Morgan fingerprint density at radius 3 is 2.23 bits per heavy atom. The standard InChI is InChI=1S/C32H35N5O10/c1-5-46-26-24(23(25(26)39)19-11-13-22(14-12-19)47-21-9-7-6-8-10-21)36(28(41)33-18-38)30(43)37(29(42)34-32(2,3)4)27(40)20-15-16-35(17-20)31(44)45/h6-14,20,23-24,26H,5,15-17H2,1-4H3,(H,34,42)(H,44,45). The molecule has 4 atom stereocenters. The van der Waals surface area contributed by atoms with Crippen LogP contribution in [0, 0.1) is 5.92 Å². The number of benzene rings is 2. The Morgan fingerprint density at radius 2 is 1.68 bits per heavy atom. The van der Waals surface area contributed by atoms with E-state index in [1.807, 2.05) is 6.07 Å². The Kier molecular flexibility index (Phi) is 10.5. The van der Waals surface area contributed by atoms with Crippen LogP contribution < -0.4 is 10.1 Å². The minimum absolute atomic E-state index is 0.00165. The highest BCUT2D eigenvalue weighted by molar-refractivity contribution is 6.15. The van der Waals surface area contributed by atoms with E-state index in [9.17, 15) is 38.7 Å². The number of carboxylic acid groups (broad SMARTS) is 1. The second-order valence-corrected chi connectivity index (χ2v) is 11.9. The zero-order valence-electron chi connectivity index (χ0n) is 26.2. The van der Waals surface area contributed by atoms with E-state index in [4.69, 9.17) is 9.47 Å². The smallest absolute Gasteiger partial charge is 0.407 e. The summed E-state index contributed by atoms with van der Waals surface area (Å²) >= 11 is 0. The summed E-state index contributed by atoms with van der Waals surface area (Å²) in [4.78, 5) is 95.7. The van der Waals surface area contributed by atoms with E-state index in [0.29, 0.717) is 22.0 Å². The molecule has 47 heavy (non-hydrogen) atoms. The van der Waals surface area contributed by atoms with Gasteiger partial charge in [0.1, 0.15) is 17.6 Å². The first-order valence-corrected chi connectivity index (χ1v) is 14.8. The molecule has 2 aliphatic rings. The number of para-hydroxylation sites is 1. The first kappa shape index (κ1) is 34.5. The van der Waals surface area contributed by atoms with Crippen molar-refractivity contribution in [3.63, 3.8) is 0 Å². The number of nitrogens with one attached hydrogen (secondary N) is 1. The lowest BCUT2D eigenvalue weighted by Crippen LogP contribution is -2.69. The summed E-state index contributed by atoms with van der Waals surface area (Å²) in [5.41, 5.74) is -0.608. The number of imide groups is 4. The van der Waals surface area contributed by atoms with E-state index in [2.05, 4.69) is 10.3 Å². The van der Waals surface area contributed by atoms with Gasteiger partial charge in [-0.1, -0.05) is 30.3 Å². The van der Waals surface area contributed by atoms with Crippen molar-refractivity contribution in [3.05, 3.63) is 60.2 Å². The molecule has 8 amide bonds. The predicted octanol–water partition coefficient (Wildman–Crippen LogP) is 4.13. The fraction of sp³-hybridized carbons (Fsp3) is 0.406. The van der Waals surface area contributed by atoms with Crippen LogP contribution in [0.3, 0.4) is 0 Å². The second-order valence-electron chi connectivity index (χ2n) is 11.9. The fourth-order valence-corrected chi connectivity index (χ4v) is 5.46. The van der Waals surface area contributed by atoms with Crippen LogP contribution in [0.15, 0.2) is 59.6 Å². The van der Waals surface area contributed by atoms with Gasteiger partial charge in [0.15, 0.2) is 5.78 Å². The number of carbonyl (C=O) groups is 6. The van der Waals surface area contributed by atoms with Gasteiger partial charge in [0, 0.05) is 25.2 Å². The summed E-state index contributed by atoms with van der Waals surface area (Å²) < 4.78 is 11.4. The average molecular weight is 650 g/mol. The van der Waals surface area contributed by atoms with Gasteiger partial charge in [0.25, 0.3) is 0 Å². The van der Waals surface area contributed by atoms with Crippen LogP contribution in [0.1, 0.15) is 45.6 Å². The lowest BCUT2D eigenvalue weighted by atomic mass is 9.70. The second kappa shape index (κ2) is 14.4. The van der Waals surface area contributed by atoms with Gasteiger partial charge in [0.2, 0.25) is 12.0 Å². The van der Waals surface area contributed by atoms with Crippen LogP contribution in [0.2, 0.25) is 0 Å². The molecule has 2 N–H and O–H groups in total. The number of aliphatic imine (C=N–C) groups is 1. The first-order valence-electron chi connectivity index (χ1n) is 14.8. The van der Waals surface area contributed by atoms with Crippen LogP contribution in [-0.2, 0) is 19.1 Å². The number of likely N-dealkylation sites (tertiary alicyclic amines) is 1. The van der Waals surface area contributed by atoms with Gasteiger partial charge < -0.3 is 24.8 Å². The van der Waals surface area contributed by atoms with E-state index >= 15 is 0 Å². The Labute approximate surface area is 270 Å². The molecule has 15 heteroatoms. The van der Waals surface area contributed by atoms with E-state index < -0.39 is 65.4 Å². The average Bonchev–Trinajstić information content (AvgIpc) is 3.51. The maximum absolute atomic E-state index is 14.3. The van der Waals surface area contributed by atoms with Crippen molar-refractivity contribution in [2.75, 3.05) is 19.7 Å². The Hall–Kier alpha value is -5.40. The molecule has 2 aromatic carbocycles. The third-order valence-corrected chi connectivity index (χ3v) is 7.56. The third kappa shape index (κ3) is 7.71. The summed E-state index contributed by atoms with van der Waals surface area (Å²) in [6.07, 6.45) is -1.59. The molecule has 1 saturated carbocycles. The van der Waals surface area contributed by atoms with Crippen molar-refractivity contribution in [1.82, 2.24) is 20.0 Å². The molecule has 1 heterocycles. The van der Waals surface area contributed by atoms with E-state index in [1.54, 1.807) is 76.2 Å². The maximum Gasteiger partial charge on any atom is 0.407 e. The highest BCUT2D eigenvalue weighted by Crippen LogP contribution is 2.41. The summed E-state index contributed by atoms with van der Waals surface area (Å²) in [6, 6.07) is 9.59. The largest absolute Gasteiger partial charge is 0.465 e. The summed E-state index contributed by atoms with van der Waals surface area (Å²) in [5, 5.41) is 11.9. The molecule has 4 rings (SSSR count). The van der Waals surface area contributed by atoms with Gasteiger partial charge >= 0.3 is 24.2 Å². The molecular weight excluding hydrogens is 614 g/mol. The molecule has 4 unspecified atom stereocenters. The topological polar surface area (TPSA) is 192 Å². The zero-order valence-corrected chi connectivity index (χ0v) is 26.2. The molecule has 2 fully saturated rings. The quantitative estimate of drug-likeness (QED) is 0.325. The lowest BCUT2D eigenvalue weighted by molar-refractivity contribution is -0.151. The van der Waals surface area contributed by atoms with Gasteiger partial charge in [-0.05, 0) is 63.9 Å². The first-order chi connectivity index (χ1) is 22.3. The van der Waals surface area contributed by atoms with Crippen LogP contribution in [0.25, 0.3) is 0 Å². The van der Waals surface area contributed by atoms with Gasteiger partial charge in [-0.2, -0.15) is 4.90 Å². The van der Waals surface area contributed by atoms with Gasteiger partial charge in [0.05, 0.1) is 17.9 Å². The molecular formula is C32H35N5O10. The molecule has 0 radical (unpaired) electrons. The van der Waals surface area contributed by atoms with Crippen LogP contribution in [0.5, 0.6) is 11.5 Å². The number of Topliss-reactive ketones (excluding diaryl/α,β-unsaturated/α-hetero) is 1. The third-order valence-electron chi connectivity index (χ3n) is 7.56. The summed E-state index contributed by atoms with van der Waals surface area (Å²) in [6.45, 7) is 6.04. The van der Waals surface area contributed by atoms with E-state index in [0.717, 1.165) is 11.0 Å². The fourth-order valence-electron chi connectivity index (χ4n) is 5.46. The van der Waals surface area contributed by atoms with Crippen molar-refractivity contribution in [2.45, 2.75) is 57.7 Å². The van der Waals surface area contributed by atoms with Crippen molar-refractivity contribution < 1.29 is 48.1 Å². The minimum atomic E-state index is -1.49. The highest BCUT2D eigenvalue weighted by atomic mass is 16.5. The van der Waals surface area contributed by atoms with Gasteiger partial charge in [-0.3, -0.25) is 9.59 Å². The number of urea groups is 3. The molecule has 15 nitrogen and oxygen atoms in total. The SMILES string of the molecule is CCOC1C(=O)C(c2ccc(Oc3ccccc3)cc2)C1N(C(=O)N=C=O)C(=O)N(C(=O)NC(C)(C)C)C(=O)C1CCN(C(=O)O)C1. The maximum atomic E-state index is 14.3. The van der Waals surface area contributed by atoms with E-state index in [-0.39, 0.29) is 31.0 Å². The van der Waals surface area contributed by atoms with Crippen LogP contribution in [0.4, 0.5) is 19.2 Å². The number of ether oxygens (including phenoxy) is 2. The zero-order chi connectivity index (χ0) is 34.5. The Bertz CT molecular complexity index is 1580.